The molecule has 1 aromatic carbocycles. The molecule has 2 aliphatic carbocycles. The molecule has 72 valence electrons. The summed E-state index contributed by atoms with van der Waals surface area (Å²) in [6, 6.07) is 11.0. The summed E-state index contributed by atoms with van der Waals surface area (Å²) in [5, 5.41) is 0. The number of allylic oxidation sites excluding steroid dienone is 2. The van der Waals surface area contributed by atoms with Crippen LogP contribution in [-0.2, 0) is 0 Å². The lowest BCUT2D eigenvalue weighted by Gasteiger charge is -2.42. The van der Waals surface area contributed by atoms with Crippen molar-refractivity contribution in [3.63, 3.8) is 0 Å². The van der Waals surface area contributed by atoms with E-state index in [1.165, 1.54) is 25.7 Å². The van der Waals surface area contributed by atoms with Crippen LogP contribution < -0.4 is 0 Å². The maximum absolute atomic E-state index is 2.48. The molecule has 1 saturated carbocycles. The molecule has 0 heteroatoms. The Balaban J connectivity index is 1.84. The molecule has 0 aromatic heterocycles. The lowest BCUT2D eigenvalue weighted by atomic mass is 9.62. The Hall–Kier alpha value is -1.04. The first kappa shape index (κ1) is 8.28. The van der Waals surface area contributed by atoms with Gasteiger partial charge in [-0.2, -0.15) is 0 Å². The minimum absolute atomic E-state index is 0.836. The predicted octanol–water partition coefficient (Wildman–Crippen LogP) is 3.90. The minimum Gasteiger partial charge on any atom is -0.0850 e. The van der Waals surface area contributed by atoms with Gasteiger partial charge in [-0.25, -0.2) is 0 Å². The maximum atomic E-state index is 2.48. The number of hydrogen-bond donors (Lipinski definition) is 0. The summed E-state index contributed by atoms with van der Waals surface area (Å²) in [7, 11) is 0. The Labute approximate surface area is 85.6 Å². The highest BCUT2D eigenvalue weighted by Crippen LogP contribution is 2.51. The lowest BCUT2D eigenvalue weighted by molar-refractivity contribution is 0.322. The van der Waals surface area contributed by atoms with Crippen molar-refractivity contribution in [3.05, 3.63) is 47.5 Å². The molecule has 0 saturated heterocycles. The Kier molecular flexibility index (Phi) is 1.93. The lowest BCUT2D eigenvalue weighted by Crippen LogP contribution is -2.28. The molecule has 0 aliphatic heterocycles. The third kappa shape index (κ3) is 1.21. The standard InChI is InChI=1S/C14H16/c1-2-6-11(7-3-1)14-10-12-8-4-5-9-13(12)14/h1-3,6-8,13-14H,4-5,9-10H2/t13-,14-/m0/s1. The molecular weight excluding hydrogens is 168 g/mol. The van der Waals surface area contributed by atoms with E-state index in [1.807, 2.05) is 0 Å². The molecule has 0 unspecified atom stereocenters. The van der Waals surface area contributed by atoms with E-state index in [4.69, 9.17) is 0 Å². The van der Waals surface area contributed by atoms with Crippen LogP contribution in [0.15, 0.2) is 42.0 Å². The molecule has 2 aliphatic rings. The minimum atomic E-state index is 0.836. The van der Waals surface area contributed by atoms with Gasteiger partial charge in [-0.05, 0) is 43.1 Å². The van der Waals surface area contributed by atoms with Crippen molar-refractivity contribution in [3.8, 4) is 0 Å². The monoisotopic (exact) mass is 184 g/mol. The largest absolute Gasteiger partial charge is 0.0850 e. The summed E-state index contributed by atoms with van der Waals surface area (Å²) in [4.78, 5) is 0. The van der Waals surface area contributed by atoms with Crippen LogP contribution >= 0.6 is 0 Å². The highest BCUT2D eigenvalue weighted by molar-refractivity contribution is 5.33. The molecule has 1 aromatic rings. The first-order valence-electron chi connectivity index (χ1n) is 5.69. The van der Waals surface area contributed by atoms with Gasteiger partial charge in [-0.15, -0.1) is 0 Å². The van der Waals surface area contributed by atoms with Gasteiger partial charge >= 0.3 is 0 Å². The van der Waals surface area contributed by atoms with Crippen molar-refractivity contribution < 1.29 is 0 Å². The van der Waals surface area contributed by atoms with Gasteiger partial charge in [-0.1, -0.05) is 42.0 Å². The van der Waals surface area contributed by atoms with Crippen molar-refractivity contribution in [1.29, 1.82) is 0 Å². The van der Waals surface area contributed by atoms with E-state index in [-0.39, 0.29) is 0 Å². The molecule has 0 heterocycles. The van der Waals surface area contributed by atoms with Gasteiger partial charge < -0.3 is 0 Å². The second-order valence-corrected chi connectivity index (χ2v) is 4.54. The Morgan fingerprint density at radius 1 is 1.00 bits per heavy atom. The summed E-state index contributed by atoms with van der Waals surface area (Å²) < 4.78 is 0. The van der Waals surface area contributed by atoms with Crippen LogP contribution in [0.3, 0.4) is 0 Å². The first-order chi connectivity index (χ1) is 6.95. The molecule has 2 atom stereocenters. The average molecular weight is 184 g/mol. The fourth-order valence-electron chi connectivity index (χ4n) is 2.94. The topological polar surface area (TPSA) is 0 Å². The van der Waals surface area contributed by atoms with Gasteiger partial charge in [0.25, 0.3) is 0 Å². The Morgan fingerprint density at radius 3 is 2.64 bits per heavy atom. The molecule has 0 radical (unpaired) electrons. The quantitative estimate of drug-likeness (QED) is 0.581. The zero-order valence-electron chi connectivity index (χ0n) is 8.45. The van der Waals surface area contributed by atoms with Crippen molar-refractivity contribution in [1.82, 2.24) is 0 Å². The fraction of sp³-hybridized carbons (Fsp3) is 0.429. The number of rotatable bonds is 1. The highest BCUT2D eigenvalue weighted by Gasteiger charge is 2.37. The number of hydrogen-bond acceptors (Lipinski definition) is 0. The van der Waals surface area contributed by atoms with Gasteiger partial charge in [0.15, 0.2) is 0 Å². The Bertz CT molecular complexity index is 348. The van der Waals surface area contributed by atoms with E-state index in [0.29, 0.717) is 0 Å². The molecule has 0 bridgehead atoms. The van der Waals surface area contributed by atoms with Gasteiger partial charge in [0, 0.05) is 0 Å². The van der Waals surface area contributed by atoms with Crippen LogP contribution in [0.5, 0.6) is 0 Å². The van der Waals surface area contributed by atoms with Crippen LogP contribution in [0, 0.1) is 5.92 Å². The normalized spacial score (nSPS) is 30.1. The zero-order valence-corrected chi connectivity index (χ0v) is 8.45. The predicted molar refractivity (Wildman–Crippen MR) is 59.2 cm³/mol. The average Bonchev–Trinajstić information content (AvgIpc) is 2.22. The van der Waals surface area contributed by atoms with E-state index in [0.717, 1.165) is 11.8 Å². The molecule has 3 rings (SSSR count). The van der Waals surface area contributed by atoms with Gasteiger partial charge in [-0.3, -0.25) is 0 Å². The summed E-state index contributed by atoms with van der Waals surface area (Å²) in [5.74, 6) is 1.73. The van der Waals surface area contributed by atoms with Gasteiger partial charge in [0.05, 0.1) is 0 Å². The third-order valence-electron chi connectivity index (χ3n) is 3.77. The van der Waals surface area contributed by atoms with Crippen LogP contribution in [0.4, 0.5) is 0 Å². The second-order valence-electron chi connectivity index (χ2n) is 4.54. The van der Waals surface area contributed by atoms with Crippen LogP contribution in [0.2, 0.25) is 0 Å². The van der Waals surface area contributed by atoms with E-state index in [2.05, 4.69) is 36.4 Å². The summed E-state index contributed by atoms with van der Waals surface area (Å²) in [6.45, 7) is 0. The SMILES string of the molecule is C1=C2C[C@@H](c3ccccc3)[C@H]2CCC1. The van der Waals surface area contributed by atoms with Crippen LogP contribution in [0.25, 0.3) is 0 Å². The molecule has 1 fully saturated rings. The smallest absolute Gasteiger partial charge is 0.00590 e. The zero-order chi connectivity index (χ0) is 9.38. The summed E-state index contributed by atoms with van der Waals surface area (Å²) >= 11 is 0. The maximum Gasteiger partial charge on any atom is -0.00590 e. The third-order valence-corrected chi connectivity index (χ3v) is 3.77. The van der Waals surface area contributed by atoms with Gasteiger partial charge in [0.2, 0.25) is 0 Å². The molecular formula is C14H16. The van der Waals surface area contributed by atoms with Crippen molar-refractivity contribution in [2.75, 3.05) is 0 Å². The van der Waals surface area contributed by atoms with Crippen LogP contribution in [-0.4, -0.2) is 0 Å². The second kappa shape index (κ2) is 3.27. The summed E-state index contributed by atoms with van der Waals surface area (Å²) in [5.41, 5.74) is 3.29. The molecule has 0 spiro atoms. The first-order valence-corrected chi connectivity index (χ1v) is 5.69. The summed E-state index contributed by atoms with van der Waals surface area (Å²) in [6.07, 6.45) is 7.96. The van der Waals surface area contributed by atoms with Crippen LogP contribution in [0.1, 0.15) is 37.2 Å². The van der Waals surface area contributed by atoms with Crippen molar-refractivity contribution >= 4 is 0 Å². The van der Waals surface area contributed by atoms with E-state index < -0.39 is 0 Å². The van der Waals surface area contributed by atoms with Gasteiger partial charge in [0.1, 0.15) is 0 Å². The molecule has 0 N–H and O–H groups in total. The number of fused-ring (bicyclic) bond motifs is 1. The highest BCUT2D eigenvalue weighted by atomic mass is 14.4. The molecule has 0 amide bonds. The number of benzene rings is 1. The Morgan fingerprint density at radius 2 is 1.86 bits per heavy atom. The van der Waals surface area contributed by atoms with E-state index >= 15 is 0 Å². The van der Waals surface area contributed by atoms with E-state index in [1.54, 1.807) is 11.1 Å². The van der Waals surface area contributed by atoms with Crippen molar-refractivity contribution in [2.45, 2.75) is 31.6 Å². The molecule has 14 heavy (non-hydrogen) atoms. The van der Waals surface area contributed by atoms with Crippen molar-refractivity contribution in [2.24, 2.45) is 5.92 Å². The van der Waals surface area contributed by atoms with E-state index in [9.17, 15) is 0 Å². The molecule has 0 nitrogen and oxygen atoms in total. The fourth-order valence-corrected chi connectivity index (χ4v) is 2.94.